The Morgan fingerprint density at radius 2 is 1.72 bits per heavy atom. The molecule has 3 aromatic carbocycles. The Kier molecular flexibility index (Phi) is 6.14. The Labute approximate surface area is 188 Å². The van der Waals surface area contributed by atoms with Crippen molar-refractivity contribution in [1.29, 1.82) is 0 Å². The lowest BCUT2D eigenvalue weighted by Crippen LogP contribution is -2.36. The van der Waals surface area contributed by atoms with Crippen LogP contribution in [0, 0.1) is 0 Å². The summed E-state index contributed by atoms with van der Waals surface area (Å²) in [7, 11) is 0. The number of rotatable bonds is 4. The molecule has 0 N–H and O–H groups in total. The lowest BCUT2D eigenvalue weighted by atomic mass is 9.98. The average Bonchev–Trinajstić information content (AvgIpc) is 2.75. The summed E-state index contributed by atoms with van der Waals surface area (Å²) >= 11 is 11.7. The lowest BCUT2D eigenvalue weighted by molar-refractivity contribution is -0.125. The average molecular weight is 485 g/mol. The van der Waals surface area contributed by atoms with Crippen molar-refractivity contribution in [3.63, 3.8) is 0 Å². The van der Waals surface area contributed by atoms with Gasteiger partial charge in [-0.25, -0.2) is 0 Å². The molecular weight excluding hydrogens is 466 g/mol. The second kappa shape index (κ2) is 8.78. The van der Waals surface area contributed by atoms with Crippen molar-refractivity contribution in [3.05, 3.63) is 99.5 Å². The fourth-order valence-corrected chi connectivity index (χ4v) is 5.07. The van der Waals surface area contributed by atoms with E-state index in [1.54, 1.807) is 11.8 Å². The van der Waals surface area contributed by atoms with Crippen LogP contribution in [0.1, 0.15) is 16.7 Å². The summed E-state index contributed by atoms with van der Waals surface area (Å²) in [4.78, 5) is 16.9. The number of amides is 1. The number of nitrogens with zero attached hydrogens (tertiary/aromatic N) is 1. The largest absolute Gasteiger partial charge is 0.334 e. The van der Waals surface area contributed by atoms with Crippen LogP contribution in [0.15, 0.2) is 87.6 Å². The van der Waals surface area contributed by atoms with E-state index in [1.165, 1.54) is 11.1 Å². The normalized spacial score (nSPS) is 13.1. The minimum atomic E-state index is -0.0400. The Balaban J connectivity index is 1.50. The number of fused-ring (bicyclic) bond motifs is 1. The monoisotopic (exact) mass is 483 g/mol. The third-order valence-corrected chi connectivity index (χ3v) is 7.54. The van der Waals surface area contributed by atoms with Gasteiger partial charge in [-0.05, 0) is 63.3 Å². The number of halogens is 2. The van der Waals surface area contributed by atoms with Gasteiger partial charge in [0, 0.05) is 32.9 Å². The predicted octanol–water partition coefficient (Wildman–Crippen LogP) is 6.85. The molecule has 5 heteroatoms. The van der Waals surface area contributed by atoms with Crippen molar-refractivity contribution >= 4 is 50.8 Å². The molecule has 3 aromatic rings. The molecule has 1 heterocycles. The van der Waals surface area contributed by atoms with E-state index in [0.29, 0.717) is 23.7 Å². The fraction of sp³-hybridized carbons (Fsp3) is 0.125. The zero-order valence-electron chi connectivity index (χ0n) is 15.7. The molecule has 0 atom stereocenters. The van der Waals surface area contributed by atoms with Gasteiger partial charge in [-0.2, -0.15) is 0 Å². The molecule has 0 radical (unpaired) electrons. The summed E-state index contributed by atoms with van der Waals surface area (Å²) in [6, 6.07) is 22.0. The second-order valence-electron chi connectivity index (χ2n) is 6.90. The summed E-state index contributed by atoms with van der Waals surface area (Å²) < 4.78 is 1.02. The van der Waals surface area contributed by atoms with Crippen LogP contribution in [0.3, 0.4) is 0 Å². The molecular formula is C24H19BrClNOS. The van der Waals surface area contributed by atoms with Crippen molar-refractivity contribution in [2.45, 2.75) is 22.8 Å². The highest BCUT2D eigenvalue weighted by atomic mass is 79.9. The standard InChI is InChI=1S/C24H19BrClNOS/c1-16(24(28)27-13-12-17-6-2-3-7-19(17)15-27)18-10-11-23(21(26)14-18)29-22-9-5-4-8-20(22)25/h2-11,14H,1,12-13,15H2. The molecule has 0 saturated heterocycles. The Bertz CT molecular complexity index is 1100. The van der Waals surface area contributed by atoms with Crippen LogP contribution in [0.25, 0.3) is 5.57 Å². The van der Waals surface area contributed by atoms with Crippen molar-refractivity contribution in [3.8, 4) is 0 Å². The third kappa shape index (κ3) is 4.45. The van der Waals surface area contributed by atoms with Gasteiger partial charge in [0.25, 0.3) is 5.91 Å². The van der Waals surface area contributed by atoms with Gasteiger partial charge in [0.15, 0.2) is 0 Å². The zero-order chi connectivity index (χ0) is 20.4. The Hall–Kier alpha value is -2.01. The summed E-state index contributed by atoms with van der Waals surface area (Å²) in [5, 5.41) is 0.612. The van der Waals surface area contributed by atoms with E-state index in [9.17, 15) is 4.79 Å². The number of hydrogen-bond acceptors (Lipinski definition) is 2. The van der Waals surface area contributed by atoms with Crippen LogP contribution in [0.5, 0.6) is 0 Å². The molecule has 0 bridgehead atoms. The van der Waals surface area contributed by atoms with Gasteiger partial charge in [0.1, 0.15) is 0 Å². The number of benzene rings is 3. The first-order valence-electron chi connectivity index (χ1n) is 9.30. The number of carbonyl (C=O) groups excluding carboxylic acids is 1. The molecule has 0 spiro atoms. The second-order valence-corrected chi connectivity index (χ2v) is 9.25. The molecule has 1 aliphatic rings. The molecule has 29 heavy (non-hydrogen) atoms. The molecule has 1 aliphatic heterocycles. The van der Waals surface area contributed by atoms with Crippen molar-refractivity contribution in [1.82, 2.24) is 4.90 Å². The molecule has 1 amide bonds. The van der Waals surface area contributed by atoms with Crippen LogP contribution in [0.4, 0.5) is 0 Å². The first-order valence-corrected chi connectivity index (χ1v) is 11.3. The van der Waals surface area contributed by atoms with E-state index < -0.39 is 0 Å². The van der Waals surface area contributed by atoms with E-state index in [2.05, 4.69) is 34.6 Å². The van der Waals surface area contributed by atoms with Gasteiger partial charge in [-0.1, -0.05) is 72.4 Å². The van der Waals surface area contributed by atoms with Crippen LogP contribution in [-0.2, 0) is 17.8 Å². The highest BCUT2D eigenvalue weighted by Crippen LogP contribution is 2.38. The third-order valence-electron chi connectivity index (χ3n) is 5.01. The summed E-state index contributed by atoms with van der Waals surface area (Å²) in [5.41, 5.74) is 3.76. The van der Waals surface area contributed by atoms with Gasteiger partial charge in [0.05, 0.1) is 5.02 Å². The minimum Gasteiger partial charge on any atom is -0.334 e. The van der Waals surface area contributed by atoms with Gasteiger partial charge in [-0.15, -0.1) is 0 Å². The SMILES string of the molecule is C=C(C(=O)N1CCc2ccccc2C1)c1ccc(Sc2ccccc2Br)c(Cl)c1. The van der Waals surface area contributed by atoms with E-state index >= 15 is 0 Å². The molecule has 0 saturated carbocycles. The van der Waals surface area contributed by atoms with Crippen molar-refractivity contribution in [2.75, 3.05) is 6.54 Å². The molecule has 2 nitrogen and oxygen atoms in total. The highest BCUT2D eigenvalue weighted by Gasteiger charge is 2.23. The molecule has 0 unspecified atom stereocenters. The topological polar surface area (TPSA) is 20.3 Å². The Morgan fingerprint density at radius 1 is 1.00 bits per heavy atom. The van der Waals surface area contributed by atoms with E-state index in [-0.39, 0.29) is 5.91 Å². The summed E-state index contributed by atoms with van der Waals surface area (Å²) in [6.45, 7) is 5.39. The van der Waals surface area contributed by atoms with Crippen LogP contribution >= 0.6 is 39.3 Å². The maximum Gasteiger partial charge on any atom is 0.254 e. The molecule has 146 valence electrons. The fourth-order valence-electron chi connectivity index (χ4n) is 3.40. The lowest BCUT2D eigenvalue weighted by Gasteiger charge is -2.29. The van der Waals surface area contributed by atoms with Crippen LogP contribution < -0.4 is 0 Å². The molecule has 0 aromatic heterocycles. The van der Waals surface area contributed by atoms with Crippen LogP contribution in [-0.4, -0.2) is 17.4 Å². The van der Waals surface area contributed by atoms with E-state index in [4.69, 9.17) is 11.6 Å². The van der Waals surface area contributed by atoms with Crippen LogP contribution in [0.2, 0.25) is 5.02 Å². The van der Waals surface area contributed by atoms with E-state index in [0.717, 1.165) is 26.2 Å². The highest BCUT2D eigenvalue weighted by molar-refractivity contribution is 9.10. The zero-order valence-corrected chi connectivity index (χ0v) is 18.9. The summed E-state index contributed by atoms with van der Waals surface area (Å²) in [5.74, 6) is -0.0400. The predicted molar refractivity (Wildman–Crippen MR) is 124 cm³/mol. The maximum atomic E-state index is 13.0. The van der Waals surface area contributed by atoms with Gasteiger partial charge < -0.3 is 4.90 Å². The molecule has 0 aliphatic carbocycles. The van der Waals surface area contributed by atoms with Crippen molar-refractivity contribution < 1.29 is 4.79 Å². The first kappa shape index (κ1) is 20.3. The minimum absolute atomic E-state index is 0.0400. The van der Waals surface area contributed by atoms with Gasteiger partial charge >= 0.3 is 0 Å². The summed E-state index contributed by atoms with van der Waals surface area (Å²) in [6.07, 6.45) is 0.873. The smallest absolute Gasteiger partial charge is 0.254 e. The number of carbonyl (C=O) groups is 1. The van der Waals surface area contributed by atoms with Crippen molar-refractivity contribution in [2.24, 2.45) is 0 Å². The molecule has 0 fully saturated rings. The first-order chi connectivity index (χ1) is 14.0. The number of hydrogen-bond donors (Lipinski definition) is 0. The quantitative estimate of drug-likeness (QED) is 0.377. The van der Waals surface area contributed by atoms with Gasteiger partial charge in [0.2, 0.25) is 0 Å². The van der Waals surface area contributed by atoms with Gasteiger partial charge in [-0.3, -0.25) is 4.79 Å². The molecule has 4 rings (SSSR count). The maximum absolute atomic E-state index is 13.0. The van der Waals surface area contributed by atoms with E-state index in [1.807, 2.05) is 59.5 Å². The Morgan fingerprint density at radius 3 is 2.48 bits per heavy atom.